The number of rotatable bonds is 2. The molecule has 0 saturated carbocycles. The molecule has 1 amide bonds. The number of nitrogens with zero attached hydrogens (tertiary/aromatic N) is 1. The summed E-state index contributed by atoms with van der Waals surface area (Å²) in [5, 5.41) is 0.561. The number of carbonyl (C=O) groups is 2. The first-order valence-corrected chi connectivity index (χ1v) is 7.42. The van der Waals surface area contributed by atoms with Crippen LogP contribution in [0, 0.1) is 13.8 Å². The lowest BCUT2D eigenvalue weighted by Crippen LogP contribution is -2.44. The number of fused-ring (bicyclic) bond motifs is 1. The summed E-state index contributed by atoms with van der Waals surface area (Å²) in [6.45, 7) is 8.76. The van der Waals surface area contributed by atoms with E-state index >= 15 is 0 Å². The zero-order valence-electron chi connectivity index (χ0n) is 13.4. The van der Waals surface area contributed by atoms with Gasteiger partial charge in [0.25, 0.3) is 5.91 Å². The minimum Gasteiger partial charge on any atom is -0.482 e. The highest BCUT2D eigenvalue weighted by molar-refractivity contribution is 6.32. The highest BCUT2D eigenvalue weighted by Crippen LogP contribution is 2.40. The van der Waals surface area contributed by atoms with Gasteiger partial charge in [0.2, 0.25) is 0 Å². The maximum Gasteiger partial charge on any atom is 0.326 e. The van der Waals surface area contributed by atoms with Crippen LogP contribution in [-0.2, 0) is 14.3 Å². The molecule has 0 atom stereocenters. The second kappa shape index (κ2) is 5.80. The molecule has 5 nitrogen and oxygen atoms in total. The van der Waals surface area contributed by atoms with Crippen LogP contribution in [0.1, 0.15) is 31.9 Å². The van der Waals surface area contributed by atoms with E-state index in [1.54, 1.807) is 33.8 Å². The van der Waals surface area contributed by atoms with Gasteiger partial charge in [-0.1, -0.05) is 11.6 Å². The fraction of sp³-hybridized carbons (Fsp3) is 0.500. The number of ether oxygens (including phenoxy) is 2. The molecule has 0 saturated heterocycles. The predicted molar refractivity (Wildman–Crippen MR) is 84.6 cm³/mol. The van der Waals surface area contributed by atoms with E-state index < -0.39 is 11.6 Å². The highest BCUT2D eigenvalue weighted by Gasteiger charge is 2.31. The number of carbonyl (C=O) groups excluding carboxylic acids is 2. The van der Waals surface area contributed by atoms with Crippen molar-refractivity contribution in [2.24, 2.45) is 0 Å². The lowest BCUT2D eigenvalue weighted by Gasteiger charge is -2.31. The molecule has 1 aliphatic rings. The van der Waals surface area contributed by atoms with Gasteiger partial charge in [0.1, 0.15) is 17.9 Å². The molecule has 0 unspecified atom stereocenters. The molecule has 1 aliphatic heterocycles. The molecule has 0 spiro atoms. The quantitative estimate of drug-likeness (QED) is 0.784. The van der Waals surface area contributed by atoms with E-state index in [0.717, 1.165) is 5.56 Å². The summed E-state index contributed by atoms with van der Waals surface area (Å²) in [5.41, 5.74) is 1.52. The van der Waals surface area contributed by atoms with Gasteiger partial charge in [-0.3, -0.25) is 14.5 Å². The highest BCUT2D eigenvalue weighted by atomic mass is 35.5. The minimum absolute atomic E-state index is 0.101. The van der Waals surface area contributed by atoms with Crippen LogP contribution in [-0.4, -0.2) is 30.6 Å². The molecule has 1 aromatic rings. The van der Waals surface area contributed by atoms with Crippen molar-refractivity contribution < 1.29 is 19.1 Å². The molecule has 0 N–H and O–H groups in total. The van der Waals surface area contributed by atoms with E-state index in [1.165, 1.54) is 4.90 Å². The van der Waals surface area contributed by atoms with Gasteiger partial charge < -0.3 is 9.47 Å². The summed E-state index contributed by atoms with van der Waals surface area (Å²) in [7, 11) is 0. The van der Waals surface area contributed by atoms with Gasteiger partial charge in [-0.2, -0.15) is 0 Å². The third-order valence-corrected chi connectivity index (χ3v) is 3.82. The second-order valence-corrected chi connectivity index (χ2v) is 6.71. The maximum absolute atomic E-state index is 12.2. The molecule has 6 heteroatoms. The van der Waals surface area contributed by atoms with E-state index in [4.69, 9.17) is 21.1 Å². The summed E-state index contributed by atoms with van der Waals surface area (Å²) in [5.74, 6) is -0.200. The van der Waals surface area contributed by atoms with Crippen LogP contribution >= 0.6 is 11.6 Å². The molecule has 0 fully saturated rings. The number of anilines is 1. The van der Waals surface area contributed by atoms with E-state index in [2.05, 4.69) is 0 Å². The van der Waals surface area contributed by atoms with E-state index in [1.807, 2.05) is 6.92 Å². The average molecular weight is 326 g/mol. The fourth-order valence-electron chi connectivity index (χ4n) is 2.37. The summed E-state index contributed by atoms with van der Waals surface area (Å²) in [4.78, 5) is 25.6. The molecular formula is C16H20ClNO4. The van der Waals surface area contributed by atoms with Gasteiger partial charge in [-0.05, 0) is 51.8 Å². The molecule has 22 heavy (non-hydrogen) atoms. The summed E-state index contributed by atoms with van der Waals surface area (Å²) in [6, 6.07) is 1.78. The van der Waals surface area contributed by atoms with E-state index in [9.17, 15) is 9.59 Å². The first-order valence-electron chi connectivity index (χ1n) is 7.05. The first-order chi connectivity index (χ1) is 10.1. The minimum atomic E-state index is -0.602. The molecule has 0 bridgehead atoms. The van der Waals surface area contributed by atoms with Crippen LogP contribution in [0.25, 0.3) is 0 Å². The van der Waals surface area contributed by atoms with Gasteiger partial charge in [0.15, 0.2) is 6.61 Å². The SMILES string of the molecule is Cc1cc2c(c(C)c1Cl)N(CC(=O)OC(C)(C)C)C(=O)CO2. The van der Waals surface area contributed by atoms with Crippen molar-refractivity contribution in [3.05, 3.63) is 22.2 Å². The third kappa shape index (κ3) is 3.35. The Morgan fingerprint density at radius 2 is 2.05 bits per heavy atom. The molecule has 0 aromatic heterocycles. The average Bonchev–Trinajstić information content (AvgIpc) is 2.37. The Morgan fingerprint density at radius 1 is 1.41 bits per heavy atom. The number of amides is 1. The van der Waals surface area contributed by atoms with Crippen LogP contribution in [0.15, 0.2) is 6.07 Å². The topological polar surface area (TPSA) is 55.8 Å². The van der Waals surface area contributed by atoms with Crippen molar-refractivity contribution in [3.63, 3.8) is 0 Å². The molecule has 120 valence electrons. The monoisotopic (exact) mass is 325 g/mol. The zero-order chi connectivity index (χ0) is 16.7. The molecule has 0 aliphatic carbocycles. The number of esters is 1. The van der Waals surface area contributed by atoms with E-state index in [-0.39, 0.29) is 19.1 Å². The van der Waals surface area contributed by atoms with Gasteiger partial charge in [-0.15, -0.1) is 0 Å². The fourth-order valence-corrected chi connectivity index (χ4v) is 2.51. The Kier molecular flexibility index (Phi) is 4.38. The maximum atomic E-state index is 12.2. The van der Waals surface area contributed by atoms with Gasteiger partial charge >= 0.3 is 5.97 Å². The summed E-state index contributed by atoms with van der Waals surface area (Å²) < 4.78 is 10.8. The van der Waals surface area contributed by atoms with Crippen molar-refractivity contribution in [1.82, 2.24) is 0 Å². The van der Waals surface area contributed by atoms with Crippen LogP contribution < -0.4 is 9.64 Å². The number of hydrogen-bond acceptors (Lipinski definition) is 4. The summed E-state index contributed by atoms with van der Waals surface area (Å²) in [6.07, 6.45) is 0. The van der Waals surface area contributed by atoms with E-state index in [0.29, 0.717) is 22.0 Å². The molecule has 2 rings (SSSR count). The smallest absolute Gasteiger partial charge is 0.326 e. The number of hydrogen-bond donors (Lipinski definition) is 0. The van der Waals surface area contributed by atoms with Crippen LogP contribution in [0.3, 0.4) is 0 Å². The lowest BCUT2D eigenvalue weighted by molar-refractivity contribution is -0.153. The molecule has 1 aromatic carbocycles. The number of aryl methyl sites for hydroxylation is 1. The van der Waals surface area contributed by atoms with Crippen molar-refractivity contribution in [3.8, 4) is 5.75 Å². The van der Waals surface area contributed by atoms with Crippen molar-refractivity contribution in [1.29, 1.82) is 0 Å². The van der Waals surface area contributed by atoms with Gasteiger partial charge in [0.05, 0.1) is 5.69 Å². The standard InChI is InChI=1S/C16H20ClNO4/c1-9-6-11-15(10(2)14(9)17)18(12(19)8-21-11)7-13(20)22-16(3,4)5/h6H,7-8H2,1-5H3. The van der Waals surface area contributed by atoms with Gasteiger partial charge in [-0.25, -0.2) is 0 Å². The Morgan fingerprint density at radius 3 is 2.64 bits per heavy atom. The van der Waals surface area contributed by atoms with Crippen molar-refractivity contribution >= 4 is 29.2 Å². The predicted octanol–water partition coefficient (Wildman–Crippen LogP) is 3.02. The number of benzene rings is 1. The lowest BCUT2D eigenvalue weighted by atomic mass is 10.1. The second-order valence-electron chi connectivity index (χ2n) is 6.33. The van der Waals surface area contributed by atoms with Crippen LogP contribution in [0.5, 0.6) is 5.75 Å². The Bertz CT molecular complexity index is 634. The van der Waals surface area contributed by atoms with Crippen molar-refractivity contribution in [2.45, 2.75) is 40.2 Å². The largest absolute Gasteiger partial charge is 0.482 e. The first kappa shape index (κ1) is 16.6. The molecule has 1 heterocycles. The Labute approximate surface area is 135 Å². The van der Waals surface area contributed by atoms with Crippen LogP contribution in [0.2, 0.25) is 5.02 Å². The van der Waals surface area contributed by atoms with Gasteiger partial charge in [0, 0.05) is 5.02 Å². The Balaban J connectivity index is 2.36. The number of halogens is 1. The summed E-state index contributed by atoms with van der Waals surface area (Å²) >= 11 is 6.26. The normalized spacial score (nSPS) is 14.5. The molecule has 0 radical (unpaired) electrons. The zero-order valence-corrected chi connectivity index (χ0v) is 14.2. The third-order valence-electron chi connectivity index (χ3n) is 3.24. The Hall–Kier alpha value is -1.75. The van der Waals surface area contributed by atoms with Crippen LogP contribution in [0.4, 0.5) is 5.69 Å². The van der Waals surface area contributed by atoms with Crippen molar-refractivity contribution in [2.75, 3.05) is 18.1 Å². The molecular weight excluding hydrogens is 306 g/mol.